The second-order valence-electron chi connectivity index (χ2n) is 17.4. The van der Waals surface area contributed by atoms with Gasteiger partial charge >= 0.3 is 0 Å². The fourth-order valence-corrected chi connectivity index (χ4v) is 14.7. The number of rotatable bonds is 3. The van der Waals surface area contributed by atoms with E-state index in [1.54, 1.807) is 22.3 Å². The number of aliphatic hydroxyl groups excluding tert-OH is 1. The summed E-state index contributed by atoms with van der Waals surface area (Å²) < 4.78 is 2.47. The van der Waals surface area contributed by atoms with Gasteiger partial charge in [-0.2, -0.15) is 0 Å². The molecule has 4 bridgehead atoms. The Kier molecular flexibility index (Phi) is 4.86. The van der Waals surface area contributed by atoms with Gasteiger partial charge in [0, 0.05) is 67.9 Å². The van der Waals surface area contributed by atoms with E-state index in [1.807, 2.05) is 0 Å². The molecule has 4 unspecified atom stereocenters. The van der Waals surface area contributed by atoms with Crippen molar-refractivity contribution in [2.24, 2.45) is 23.7 Å². The van der Waals surface area contributed by atoms with E-state index in [2.05, 4.69) is 91.7 Å². The van der Waals surface area contributed by atoms with Gasteiger partial charge in [0.05, 0.1) is 63.2 Å². The highest BCUT2D eigenvalue weighted by Crippen LogP contribution is 2.69. The second kappa shape index (κ2) is 8.27. The van der Waals surface area contributed by atoms with Crippen molar-refractivity contribution >= 4 is 11.4 Å². The summed E-state index contributed by atoms with van der Waals surface area (Å²) in [4.78, 5) is 5.76. The number of fused-ring (bicyclic) bond motifs is 8. The molecule has 7 heterocycles. The Morgan fingerprint density at radius 2 is 1.22 bits per heavy atom. The molecule has 6 fully saturated rings. The highest BCUT2D eigenvalue weighted by molar-refractivity contribution is 5.76. The molecule has 2 aliphatic carbocycles. The number of quaternary nitrogens is 2. The van der Waals surface area contributed by atoms with Crippen LogP contribution in [0.15, 0.2) is 72.1 Å². The van der Waals surface area contributed by atoms with E-state index in [4.69, 9.17) is 0 Å². The van der Waals surface area contributed by atoms with Crippen LogP contribution in [0.5, 0.6) is 0 Å². The minimum absolute atomic E-state index is 0.162. The summed E-state index contributed by atoms with van der Waals surface area (Å²) in [5.41, 5.74) is 10.1. The van der Waals surface area contributed by atoms with Crippen LogP contribution < -0.4 is 9.80 Å². The largest absolute Gasteiger partial charge is 0.396 e. The first kappa shape index (κ1) is 26.5. The topological polar surface area (TPSA) is 26.7 Å². The fraction of sp³-hybridized carbons (Fsp3) is 0.600. The van der Waals surface area contributed by atoms with Gasteiger partial charge < -0.3 is 23.9 Å². The van der Waals surface area contributed by atoms with Crippen LogP contribution in [0.4, 0.5) is 11.4 Å². The molecule has 1 N–H and O–H groups in total. The molecule has 5 nitrogen and oxygen atoms in total. The lowest BCUT2D eigenvalue weighted by Crippen LogP contribution is -2.69. The van der Waals surface area contributed by atoms with Crippen LogP contribution in [-0.4, -0.2) is 85.1 Å². The van der Waals surface area contributed by atoms with Crippen molar-refractivity contribution in [2.75, 3.05) is 56.7 Å². The smallest absolute Gasteiger partial charge is 0.102 e. The molecule has 0 aromatic heterocycles. The van der Waals surface area contributed by atoms with Crippen molar-refractivity contribution in [3.63, 3.8) is 0 Å². The standard InChI is InChI=1S/C40H50N4O/c1-4-25-23-43(2)16-14-39-31-9-5-8-12-34(31)42-22-30-28-20-36-40(15-17-44(36,3)24-26(28)13-18-45)32-10-6-7-11-33(32)41(38(30)40)21-29(37(39)42)27(25)19-35(39)43/h5-12,21-22,25-28,35-38,45H,4,13-20,23-24H2,1-3H3/q+2/b29-21-,30-22?/t25-,26-,27+,28?,35+,36?,37+,38+,39-,40-,43?,44?/m1/s1. The van der Waals surface area contributed by atoms with Gasteiger partial charge in [-0.3, -0.25) is 0 Å². The maximum Gasteiger partial charge on any atom is 0.102 e. The van der Waals surface area contributed by atoms with Gasteiger partial charge in [0.25, 0.3) is 0 Å². The zero-order valence-corrected chi connectivity index (χ0v) is 27.4. The molecule has 2 saturated carbocycles. The molecule has 234 valence electrons. The normalized spacial score (nSPS) is 49.7. The zero-order chi connectivity index (χ0) is 30.1. The van der Waals surface area contributed by atoms with Crippen LogP contribution >= 0.6 is 0 Å². The van der Waals surface area contributed by atoms with Crippen LogP contribution in [0.3, 0.4) is 0 Å². The minimum atomic E-state index is 0.162. The highest BCUT2D eigenvalue weighted by Gasteiger charge is 2.75. The van der Waals surface area contributed by atoms with Gasteiger partial charge in [0.1, 0.15) is 12.1 Å². The number of anilines is 2. The summed E-state index contributed by atoms with van der Waals surface area (Å²) in [5.74, 6) is 2.49. The molecule has 4 saturated heterocycles. The molecule has 12 atom stereocenters. The zero-order valence-electron chi connectivity index (χ0n) is 27.4. The van der Waals surface area contributed by atoms with E-state index >= 15 is 0 Å². The van der Waals surface area contributed by atoms with E-state index in [1.165, 1.54) is 78.6 Å². The Bertz CT molecular complexity index is 1720. The summed E-state index contributed by atoms with van der Waals surface area (Å²) in [6, 6.07) is 21.4. The molecular weight excluding hydrogens is 552 g/mol. The Hall–Kier alpha value is -2.60. The third-order valence-corrected chi connectivity index (χ3v) is 16.2. The van der Waals surface area contributed by atoms with E-state index in [9.17, 15) is 5.11 Å². The maximum absolute atomic E-state index is 10.4. The van der Waals surface area contributed by atoms with E-state index in [0.29, 0.717) is 48.5 Å². The number of benzene rings is 2. The SMILES string of the molecule is CC[C@@H]1C[N+]2(C)CC[C@@]34c5ccccc5N5C=C6C7CC8[C@@]9(CC[N+]8(C)C[C@H]7CCO)c7ccccc7N(/C=C(/[C@H]1C[C@@H]32)[C@H]54)[C@@H]69. The molecule has 0 amide bonds. The van der Waals surface area contributed by atoms with Crippen molar-refractivity contribution in [3.8, 4) is 0 Å². The first-order valence-electron chi connectivity index (χ1n) is 18.4. The lowest BCUT2D eigenvalue weighted by atomic mass is 9.55. The third-order valence-electron chi connectivity index (χ3n) is 16.2. The Labute approximate surface area is 269 Å². The van der Waals surface area contributed by atoms with Gasteiger partial charge in [0.15, 0.2) is 0 Å². The molecular formula is C40H50N4O+2. The van der Waals surface area contributed by atoms with Gasteiger partial charge in [0.2, 0.25) is 0 Å². The van der Waals surface area contributed by atoms with Gasteiger partial charge in [-0.05, 0) is 59.1 Å². The quantitative estimate of drug-likeness (QED) is 0.467. The summed E-state index contributed by atoms with van der Waals surface area (Å²) in [6.45, 7) is 7.91. The third kappa shape index (κ3) is 2.77. The first-order chi connectivity index (χ1) is 21.9. The van der Waals surface area contributed by atoms with Crippen molar-refractivity contribution in [2.45, 2.75) is 80.4 Å². The number of likely N-dealkylation sites (N-methyl/N-ethyl adjacent to an activating group) is 2. The monoisotopic (exact) mass is 602 g/mol. The van der Waals surface area contributed by atoms with E-state index in [-0.39, 0.29) is 10.8 Å². The van der Waals surface area contributed by atoms with Crippen LogP contribution in [0.1, 0.15) is 56.6 Å². The van der Waals surface area contributed by atoms with E-state index < -0.39 is 0 Å². The minimum Gasteiger partial charge on any atom is -0.396 e. The first-order valence-corrected chi connectivity index (χ1v) is 18.4. The summed E-state index contributed by atoms with van der Waals surface area (Å²) in [6.07, 6.45) is 13.0. The lowest BCUT2D eigenvalue weighted by Gasteiger charge is -2.60. The second-order valence-corrected chi connectivity index (χ2v) is 17.4. The average molecular weight is 603 g/mol. The van der Waals surface area contributed by atoms with Crippen LogP contribution in [0.2, 0.25) is 0 Å². The van der Waals surface area contributed by atoms with Gasteiger partial charge in [-0.1, -0.05) is 43.3 Å². The lowest BCUT2D eigenvalue weighted by molar-refractivity contribution is -0.933. The van der Waals surface area contributed by atoms with Crippen molar-refractivity contribution in [3.05, 3.63) is 83.2 Å². The van der Waals surface area contributed by atoms with Crippen LogP contribution in [0, 0.1) is 23.7 Å². The van der Waals surface area contributed by atoms with Crippen molar-refractivity contribution in [1.29, 1.82) is 0 Å². The number of nitrogens with zero attached hydrogens (tertiary/aromatic N) is 4. The Morgan fingerprint density at radius 3 is 1.73 bits per heavy atom. The maximum atomic E-state index is 10.4. The molecule has 5 heteroatoms. The Morgan fingerprint density at radius 1 is 0.733 bits per heavy atom. The number of aliphatic hydroxyl groups is 1. The molecule has 2 aromatic carbocycles. The molecule has 9 aliphatic rings. The molecule has 7 aliphatic heterocycles. The summed E-state index contributed by atoms with van der Waals surface area (Å²) >= 11 is 0. The highest BCUT2D eigenvalue weighted by atomic mass is 16.3. The summed E-state index contributed by atoms with van der Waals surface area (Å²) in [5, 5.41) is 10.4. The average Bonchev–Trinajstić information content (AvgIpc) is 3.72. The van der Waals surface area contributed by atoms with Gasteiger partial charge in [-0.25, -0.2) is 0 Å². The van der Waals surface area contributed by atoms with Crippen LogP contribution in [-0.2, 0) is 10.8 Å². The molecule has 0 radical (unpaired) electrons. The predicted molar refractivity (Wildman–Crippen MR) is 179 cm³/mol. The number of hydrogen-bond donors (Lipinski definition) is 1. The van der Waals surface area contributed by atoms with Crippen molar-refractivity contribution in [1.82, 2.24) is 0 Å². The fourth-order valence-electron chi connectivity index (χ4n) is 14.7. The molecule has 45 heavy (non-hydrogen) atoms. The number of hydrogen-bond acceptors (Lipinski definition) is 3. The molecule has 2 spiro atoms. The summed E-state index contributed by atoms with van der Waals surface area (Å²) in [7, 11) is 5.19. The number of para-hydroxylation sites is 2. The van der Waals surface area contributed by atoms with Crippen LogP contribution in [0.25, 0.3) is 0 Å². The number of piperidine rings is 2. The predicted octanol–water partition coefficient (Wildman–Crippen LogP) is 5.55. The molecule has 2 aromatic rings. The van der Waals surface area contributed by atoms with E-state index in [0.717, 1.165) is 12.3 Å². The van der Waals surface area contributed by atoms with Crippen molar-refractivity contribution < 1.29 is 14.1 Å². The van der Waals surface area contributed by atoms with Gasteiger partial charge in [-0.15, -0.1) is 0 Å². The Balaban J connectivity index is 1.22. The molecule has 11 rings (SSSR count).